The lowest BCUT2D eigenvalue weighted by Gasteiger charge is -2.01. The molecule has 1 aromatic carbocycles. The number of rotatable bonds is 1. The van der Waals surface area contributed by atoms with Crippen molar-refractivity contribution in [3.63, 3.8) is 0 Å². The number of hydrogen-bond acceptors (Lipinski definition) is 2. The van der Waals surface area contributed by atoms with Crippen LogP contribution in [0.25, 0.3) is 11.3 Å². The van der Waals surface area contributed by atoms with E-state index < -0.39 is 11.6 Å². The van der Waals surface area contributed by atoms with E-state index in [4.69, 9.17) is 12.2 Å². The van der Waals surface area contributed by atoms with Crippen LogP contribution in [0.1, 0.15) is 0 Å². The summed E-state index contributed by atoms with van der Waals surface area (Å²) in [4.78, 5) is 0. The first-order valence-corrected chi connectivity index (χ1v) is 4.59. The molecule has 0 unspecified atom stereocenters. The third kappa shape index (κ3) is 2.07. The number of H-pyrrole nitrogens is 1. The van der Waals surface area contributed by atoms with E-state index in [1.54, 1.807) is 6.07 Å². The van der Waals surface area contributed by atoms with Gasteiger partial charge in [-0.05, 0) is 30.3 Å². The van der Waals surface area contributed by atoms with Crippen molar-refractivity contribution in [1.82, 2.24) is 10.2 Å². The number of halogens is 2. The highest BCUT2D eigenvalue weighted by Gasteiger charge is 2.07. The second-order valence-electron chi connectivity index (χ2n) is 2.93. The lowest BCUT2D eigenvalue weighted by Crippen LogP contribution is -1.91. The Balaban J connectivity index is 2.58. The smallest absolute Gasteiger partial charge is 0.132 e. The first-order chi connectivity index (χ1) is 7.16. The third-order valence-corrected chi connectivity index (χ3v) is 2.11. The zero-order valence-electron chi connectivity index (χ0n) is 7.50. The molecule has 1 N–H and O–H groups in total. The number of nitrogens with one attached hydrogen (secondary N) is 1. The topological polar surface area (TPSA) is 28.7 Å². The van der Waals surface area contributed by atoms with Crippen LogP contribution in [0, 0.1) is 16.3 Å². The van der Waals surface area contributed by atoms with E-state index >= 15 is 0 Å². The zero-order valence-corrected chi connectivity index (χ0v) is 8.31. The van der Waals surface area contributed by atoms with Crippen LogP contribution in [-0.4, -0.2) is 10.2 Å². The Morgan fingerprint density at radius 1 is 1.13 bits per heavy atom. The van der Waals surface area contributed by atoms with E-state index in [1.165, 1.54) is 6.07 Å². The Morgan fingerprint density at radius 3 is 2.60 bits per heavy atom. The fourth-order valence-electron chi connectivity index (χ4n) is 1.19. The van der Waals surface area contributed by atoms with Crippen LogP contribution in [0.3, 0.4) is 0 Å². The van der Waals surface area contributed by atoms with Crippen molar-refractivity contribution >= 4 is 12.2 Å². The fraction of sp³-hybridized carbons (Fsp3) is 0. The molecular weight excluding hydrogens is 218 g/mol. The third-order valence-electron chi connectivity index (χ3n) is 1.88. The van der Waals surface area contributed by atoms with Gasteiger partial charge in [-0.2, -0.15) is 5.10 Å². The number of aromatic amines is 1. The summed E-state index contributed by atoms with van der Waals surface area (Å²) in [6.45, 7) is 0. The zero-order chi connectivity index (χ0) is 10.8. The number of hydrogen-bond donors (Lipinski definition) is 1. The summed E-state index contributed by atoms with van der Waals surface area (Å²) in [5.41, 5.74) is 0.432. The molecule has 0 atom stereocenters. The van der Waals surface area contributed by atoms with Gasteiger partial charge in [-0.25, -0.2) is 8.78 Å². The first kappa shape index (κ1) is 9.92. The molecule has 0 aliphatic rings. The number of aromatic nitrogens is 2. The number of benzene rings is 1. The van der Waals surface area contributed by atoms with Gasteiger partial charge in [0.1, 0.15) is 16.3 Å². The van der Waals surface area contributed by atoms with Gasteiger partial charge in [0.25, 0.3) is 0 Å². The van der Waals surface area contributed by atoms with Crippen LogP contribution in [0.2, 0.25) is 0 Å². The van der Waals surface area contributed by atoms with Crippen molar-refractivity contribution in [2.24, 2.45) is 0 Å². The fourth-order valence-corrected chi connectivity index (χ4v) is 1.30. The van der Waals surface area contributed by atoms with Crippen LogP contribution in [0.15, 0.2) is 30.3 Å². The lowest BCUT2D eigenvalue weighted by molar-refractivity contribution is 0.602. The highest BCUT2D eigenvalue weighted by atomic mass is 32.1. The molecule has 15 heavy (non-hydrogen) atoms. The van der Waals surface area contributed by atoms with Crippen molar-refractivity contribution < 1.29 is 8.78 Å². The van der Waals surface area contributed by atoms with E-state index in [9.17, 15) is 8.78 Å². The standard InChI is InChI=1S/C10H6F2N2S/c11-6-1-2-8(12)7(5-6)9-3-4-10(15)14-13-9/h1-5H,(H,14,15). The van der Waals surface area contributed by atoms with Crippen molar-refractivity contribution in [2.75, 3.05) is 0 Å². The van der Waals surface area contributed by atoms with E-state index in [-0.39, 0.29) is 5.56 Å². The predicted molar refractivity (Wildman–Crippen MR) is 54.8 cm³/mol. The van der Waals surface area contributed by atoms with E-state index in [2.05, 4.69) is 10.2 Å². The van der Waals surface area contributed by atoms with E-state index in [0.717, 1.165) is 18.2 Å². The maximum absolute atomic E-state index is 13.3. The van der Waals surface area contributed by atoms with E-state index in [1.807, 2.05) is 0 Å². The van der Waals surface area contributed by atoms with Crippen LogP contribution < -0.4 is 0 Å². The molecule has 2 aromatic rings. The maximum atomic E-state index is 13.3. The summed E-state index contributed by atoms with van der Waals surface area (Å²) in [5, 5.41) is 6.34. The van der Waals surface area contributed by atoms with Gasteiger partial charge >= 0.3 is 0 Å². The largest absolute Gasteiger partial charge is 0.267 e. The molecule has 0 aliphatic carbocycles. The van der Waals surface area contributed by atoms with Gasteiger partial charge in [0.15, 0.2) is 0 Å². The van der Waals surface area contributed by atoms with Gasteiger partial charge in [0.05, 0.1) is 5.69 Å². The van der Waals surface area contributed by atoms with E-state index in [0.29, 0.717) is 10.3 Å². The molecule has 0 radical (unpaired) electrons. The second kappa shape index (κ2) is 3.86. The Bertz CT molecular complexity index is 531. The summed E-state index contributed by atoms with van der Waals surface area (Å²) in [6.07, 6.45) is 0. The van der Waals surface area contributed by atoms with Crippen molar-refractivity contribution in [3.05, 3.63) is 46.6 Å². The Kier molecular flexibility index (Phi) is 2.55. The predicted octanol–water partition coefficient (Wildman–Crippen LogP) is 3.08. The van der Waals surface area contributed by atoms with Crippen molar-refractivity contribution in [2.45, 2.75) is 0 Å². The van der Waals surface area contributed by atoms with Gasteiger partial charge in [0.2, 0.25) is 0 Å². The molecule has 0 saturated carbocycles. The van der Waals surface area contributed by atoms with Crippen LogP contribution in [-0.2, 0) is 0 Å². The van der Waals surface area contributed by atoms with Gasteiger partial charge in [-0.3, -0.25) is 5.10 Å². The minimum Gasteiger partial charge on any atom is -0.267 e. The van der Waals surface area contributed by atoms with Gasteiger partial charge in [0, 0.05) is 5.56 Å². The molecule has 0 bridgehead atoms. The van der Waals surface area contributed by atoms with Gasteiger partial charge in [-0.1, -0.05) is 12.2 Å². The highest BCUT2D eigenvalue weighted by Crippen LogP contribution is 2.20. The molecule has 5 heteroatoms. The summed E-state index contributed by atoms with van der Waals surface area (Å²) in [7, 11) is 0. The summed E-state index contributed by atoms with van der Waals surface area (Å²) in [6, 6.07) is 6.32. The first-order valence-electron chi connectivity index (χ1n) is 4.18. The average molecular weight is 224 g/mol. The summed E-state index contributed by atoms with van der Waals surface area (Å²) >= 11 is 4.79. The molecule has 1 aromatic heterocycles. The molecule has 2 rings (SSSR count). The molecule has 0 amide bonds. The number of nitrogens with zero attached hydrogens (tertiary/aromatic N) is 1. The lowest BCUT2D eigenvalue weighted by atomic mass is 10.1. The molecule has 0 fully saturated rings. The monoisotopic (exact) mass is 224 g/mol. The second-order valence-corrected chi connectivity index (χ2v) is 3.37. The maximum Gasteiger partial charge on any atom is 0.132 e. The van der Waals surface area contributed by atoms with Gasteiger partial charge < -0.3 is 0 Å². The minimum absolute atomic E-state index is 0.112. The Labute approximate surface area is 89.6 Å². The van der Waals surface area contributed by atoms with Crippen LogP contribution in [0.5, 0.6) is 0 Å². The SMILES string of the molecule is Fc1ccc(F)c(-c2ccc(=S)[nH]n2)c1. The average Bonchev–Trinajstić information content (AvgIpc) is 2.23. The molecule has 76 valence electrons. The summed E-state index contributed by atoms with van der Waals surface area (Å²) < 4.78 is 26.6. The molecule has 2 nitrogen and oxygen atoms in total. The van der Waals surface area contributed by atoms with Crippen LogP contribution in [0.4, 0.5) is 8.78 Å². The Hall–Kier alpha value is -1.62. The molecule has 0 saturated heterocycles. The summed E-state index contributed by atoms with van der Waals surface area (Å²) in [5.74, 6) is -1.02. The van der Waals surface area contributed by atoms with Crippen molar-refractivity contribution in [3.8, 4) is 11.3 Å². The Morgan fingerprint density at radius 2 is 1.93 bits per heavy atom. The molecule has 1 heterocycles. The molecule has 0 spiro atoms. The van der Waals surface area contributed by atoms with Crippen LogP contribution >= 0.6 is 12.2 Å². The van der Waals surface area contributed by atoms with Gasteiger partial charge in [-0.15, -0.1) is 0 Å². The molecule has 0 aliphatic heterocycles. The quantitative estimate of drug-likeness (QED) is 0.754. The minimum atomic E-state index is -0.519. The van der Waals surface area contributed by atoms with Crippen molar-refractivity contribution in [1.29, 1.82) is 0 Å². The normalized spacial score (nSPS) is 10.3. The molecular formula is C10H6F2N2S. The highest BCUT2D eigenvalue weighted by molar-refractivity contribution is 7.71.